The molecule has 1 unspecified atom stereocenters. The first-order chi connectivity index (χ1) is 12.4. The average Bonchev–Trinajstić information content (AvgIpc) is 3.25. The number of anilines is 1. The third-order valence-corrected chi connectivity index (χ3v) is 7.12. The first kappa shape index (κ1) is 18.9. The Morgan fingerprint density at radius 1 is 1.31 bits per heavy atom. The fourth-order valence-electron chi connectivity index (χ4n) is 2.94. The van der Waals surface area contributed by atoms with Crippen LogP contribution in [-0.4, -0.2) is 41.4 Å². The summed E-state index contributed by atoms with van der Waals surface area (Å²) in [5.74, 6) is -0.350. The van der Waals surface area contributed by atoms with Crippen LogP contribution in [-0.2, 0) is 21.2 Å². The van der Waals surface area contributed by atoms with Crippen LogP contribution in [0.2, 0.25) is 0 Å². The molecule has 1 saturated heterocycles. The first-order valence-electron chi connectivity index (χ1n) is 8.63. The van der Waals surface area contributed by atoms with Crippen molar-refractivity contribution in [2.45, 2.75) is 50.5 Å². The Balaban J connectivity index is 1.76. The van der Waals surface area contributed by atoms with E-state index in [4.69, 9.17) is 0 Å². The molecular weight excluding hydrogens is 372 g/mol. The van der Waals surface area contributed by atoms with Gasteiger partial charge in [0.2, 0.25) is 21.1 Å². The number of nitrogens with zero attached hydrogens (tertiary/aromatic N) is 3. The number of hydrogen-bond donors (Lipinski definition) is 1. The van der Waals surface area contributed by atoms with E-state index < -0.39 is 16.1 Å². The van der Waals surface area contributed by atoms with E-state index in [1.54, 1.807) is 24.3 Å². The van der Waals surface area contributed by atoms with Crippen LogP contribution in [0.3, 0.4) is 0 Å². The summed E-state index contributed by atoms with van der Waals surface area (Å²) in [5, 5.41) is 12.0. The van der Waals surface area contributed by atoms with E-state index >= 15 is 0 Å². The van der Waals surface area contributed by atoms with Gasteiger partial charge in [-0.3, -0.25) is 10.1 Å². The lowest BCUT2D eigenvalue weighted by molar-refractivity contribution is -0.119. The van der Waals surface area contributed by atoms with Crippen molar-refractivity contribution in [1.29, 1.82) is 0 Å². The molecule has 1 N–H and O–H groups in total. The summed E-state index contributed by atoms with van der Waals surface area (Å²) in [7, 11) is -3.71. The standard InChI is InChI=1S/C17H22N4O3S2/c1-3-5-15-19-20-17(25-15)18-16(22)14-6-4-11-21(14)26(23,24)13-9-7-12(2)8-10-13/h7-10,14H,3-6,11H2,1-2H3,(H,18,20,22). The number of aromatic nitrogens is 2. The molecule has 2 aromatic rings. The van der Waals surface area contributed by atoms with Gasteiger partial charge in [-0.1, -0.05) is 36.0 Å². The molecule has 1 aromatic carbocycles. The summed E-state index contributed by atoms with van der Waals surface area (Å²) in [4.78, 5) is 12.9. The predicted molar refractivity (Wildman–Crippen MR) is 101 cm³/mol. The number of nitrogens with one attached hydrogen (secondary N) is 1. The molecule has 1 amide bonds. The summed E-state index contributed by atoms with van der Waals surface area (Å²) < 4.78 is 27.1. The lowest BCUT2D eigenvalue weighted by Gasteiger charge is -2.23. The summed E-state index contributed by atoms with van der Waals surface area (Å²) >= 11 is 1.33. The van der Waals surface area contributed by atoms with Gasteiger partial charge in [-0.25, -0.2) is 8.42 Å². The van der Waals surface area contributed by atoms with Crippen molar-refractivity contribution < 1.29 is 13.2 Å². The summed E-state index contributed by atoms with van der Waals surface area (Å²) in [6.45, 7) is 4.29. The number of sulfonamides is 1. The van der Waals surface area contributed by atoms with Crippen LogP contribution in [0.5, 0.6) is 0 Å². The maximum absolute atomic E-state index is 12.9. The molecule has 1 atom stereocenters. The molecule has 1 aromatic heterocycles. The number of benzene rings is 1. The van der Waals surface area contributed by atoms with Crippen molar-refractivity contribution >= 4 is 32.4 Å². The van der Waals surface area contributed by atoms with E-state index in [0.29, 0.717) is 24.5 Å². The Labute approximate surface area is 157 Å². The maximum Gasteiger partial charge on any atom is 0.244 e. The van der Waals surface area contributed by atoms with Crippen molar-refractivity contribution in [3.05, 3.63) is 34.8 Å². The van der Waals surface area contributed by atoms with Gasteiger partial charge in [-0.15, -0.1) is 10.2 Å². The minimum atomic E-state index is -3.71. The smallest absolute Gasteiger partial charge is 0.244 e. The van der Waals surface area contributed by atoms with Crippen molar-refractivity contribution in [2.75, 3.05) is 11.9 Å². The Hall–Kier alpha value is -1.84. The Kier molecular flexibility index (Phi) is 5.69. The Bertz CT molecular complexity index is 878. The second-order valence-corrected chi connectivity index (χ2v) is 9.28. The molecule has 0 aliphatic carbocycles. The number of hydrogen-bond acceptors (Lipinski definition) is 6. The van der Waals surface area contributed by atoms with Gasteiger partial charge >= 0.3 is 0 Å². The minimum Gasteiger partial charge on any atom is -0.299 e. The molecule has 0 saturated carbocycles. The zero-order valence-electron chi connectivity index (χ0n) is 14.8. The SMILES string of the molecule is CCCc1nnc(NC(=O)C2CCCN2S(=O)(=O)c2ccc(C)cc2)s1. The van der Waals surface area contributed by atoms with Gasteiger partial charge in [-0.2, -0.15) is 4.31 Å². The van der Waals surface area contributed by atoms with Crippen LogP contribution in [0.15, 0.2) is 29.2 Å². The number of carbonyl (C=O) groups is 1. The molecular formula is C17H22N4O3S2. The molecule has 9 heteroatoms. The highest BCUT2D eigenvalue weighted by atomic mass is 32.2. The predicted octanol–water partition coefficient (Wildman–Crippen LogP) is 2.59. The normalized spacial score (nSPS) is 18.2. The van der Waals surface area contributed by atoms with E-state index in [0.717, 1.165) is 23.4 Å². The van der Waals surface area contributed by atoms with Gasteiger partial charge in [0.15, 0.2) is 0 Å². The second kappa shape index (κ2) is 7.81. The quantitative estimate of drug-likeness (QED) is 0.813. The van der Waals surface area contributed by atoms with Gasteiger partial charge in [0.1, 0.15) is 11.0 Å². The van der Waals surface area contributed by atoms with E-state index in [1.807, 2.05) is 13.8 Å². The fourth-order valence-corrected chi connectivity index (χ4v) is 5.44. The van der Waals surface area contributed by atoms with Crippen molar-refractivity contribution in [3.63, 3.8) is 0 Å². The molecule has 0 spiro atoms. The van der Waals surface area contributed by atoms with E-state index in [1.165, 1.54) is 15.6 Å². The van der Waals surface area contributed by atoms with Crippen LogP contribution in [0.25, 0.3) is 0 Å². The molecule has 7 nitrogen and oxygen atoms in total. The van der Waals surface area contributed by atoms with Crippen LogP contribution >= 0.6 is 11.3 Å². The lowest BCUT2D eigenvalue weighted by Crippen LogP contribution is -2.43. The average molecular weight is 395 g/mol. The van der Waals surface area contributed by atoms with Gasteiger partial charge in [0, 0.05) is 13.0 Å². The van der Waals surface area contributed by atoms with E-state index in [2.05, 4.69) is 15.5 Å². The molecule has 1 aliphatic heterocycles. The van der Waals surface area contributed by atoms with E-state index in [9.17, 15) is 13.2 Å². The Morgan fingerprint density at radius 2 is 2.04 bits per heavy atom. The molecule has 2 heterocycles. The number of rotatable bonds is 6. The zero-order valence-corrected chi connectivity index (χ0v) is 16.4. The summed E-state index contributed by atoms with van der Waals surface area (Å²) in [5.41, 5.74) is 0.985. The summed E-state index contributed by atoms with van der Waals surface area (Å²) in [6, 6.07) is 5.96. The van der Waals surface area contributed by atoms with Crippen molar-refractivity contribution in [2.24, 2.45) is 0 Å². The van der Waals surface area contributed by atoms with Crippen LogP contribution in [0.4, 0.5) is 5.13 Å². The largest absolute Gasteiger partial charge is 0.299 e. The Morgan fingerprint density at radius 3 is 2.73 bits per heavy atom. The lowest BCUT2D eigenvalue weighted by atomic mass is 10.2. The van der Waals surface area contributed by atoms with Crippen molar-refractivity contribution in [1.82, 2.24) is 14.5 Å². The minimum absolute atomic E-state index is 0.212. The number of aryl methyl sites for hydroxylation is 2. The fraction of sp³-hybridized carbons (Fsp3) is 0.471. The molecule has 0 bridgehead atoms. The van der Waals surface area contributed by atoms with Crippen molar-refractivity contribution in [3.8, 4) is 0 Å². The van der Waals surface area contributed by atoms with E-state index in [-0.39, 0.29) is 10.8 Å². The number of carbonyl (C=O) groups excluding carboxylic acids is 1. The second-order valence-electron chi connectivity index (χ2n) is 6.33. The summed E-state index contributed by atoms with van der Waals surface area (Å²) in [6.07, 6.45) is 2.91. The molecule has 3 rings (SSSR count). The topological polar surface area (TPSA) is 92.3 Å². The molecule has 0 radical (unpaired) electrons. The monoisotopic (exact) mass is 394 g/mol. The van der Waals surface area contributed by atoms with Gasteiger partial charge in [0.05, 0.1) is 4.90 Å². The zero-order chi connectivity index (χ0) is 18.7. The third kappa shape index (κ3) is 3.94. The highest BCUT2D eigenvalue weighted by Crippen LogP contribution is 2.27. The van der Waals surface area contributed by atoms with Gasteiger partial charge in [0.25, 0.3) is 0 Å². The molecule has 1 aliphatic rings. The molecule has 140 valence electrons. The van der Waals surface area contributed by atoms with Crippen LogP contribution in [0, 0.1) is 6.92 Å². The highest BCUT2D eigenvalue weighted by molar-refractivity contribution is 7.89. The molecule has 1 fully saturated rings. The van der Waals surface area contributed by atoms with Gasteiger partial charge < -0.3 is 0 Å². The highest BCUT2D eigenvalue weighted by Gasteiger charge is 2.39. The third-order valence-electron chi connectivity index (χ3n) is 4.29. The number of amides is 1. The van der Waals surface area contributed by atoms with Crippen LogP contribution < -0.4 is 5.32 Å². The molecule has 26 heavy (non-hydrogen) atoms. The van der Waals surface area contributed by atoms with Crippen LogP contribution in [0.1, 0.15) is 36.8 Å². The van der Waals surface area contributed by atoms with Gasteiger partial charge in [-0.05, 0) is 38.3 Å². The first-order valence-corrected chi connectivity index (χ1v) is 10.9. The maximum atomic E-state index is 12.9.